The van der Waals surface area contributed by atoms with Gasteiger partial charge in [-0.15, -0.1) is 0 Å². The molecule has 1 aromatic heterocycles. The topological polar surface area (TPSA) is 34.1 Å². The van der Waals surface area contributed by atoms with Crippen molar-refractivity contribution in [3.63, 3.8) is 0 Å². The van der Waals surface area contributed by atoms with Gasteiger partial charge in [-0.1, -0.05) is 6.07 Å². The number of nitrogens with zero attached hydrogens (tertiary/aromatic N) is 1. The number of aromatic nitrogens is 1. The highest BCUT2D eigenvalue weighted by Crippen LogP contribution is 2.28. The molecule has 0 atom stereocenters. The van der Waals surface area contributed by atoms with Crippen molar-refractivity contribution in [3.05, 3.63) is 24.4 Å². The van der Waals surface area contributed by atoms with Gasteiger partial charge in [0.05, 0.1) is 0 Å². The van der Waals surface area contributed by atoms with Crippen LogP contribution in [0.25, 0.3) is 0 Å². The normalized spacial score (nSPS) is 15.2. The van der Waals surface area contributed by atoms with E-state index in [1.807, 2.05) is 18.2 Å². The van der Waals surface area contributed by atoms with E-state index in [1.165, 1.54) is 12.8 Å². The quantitative estimate of drug-likeness (QED) is 0.695. The van der Waals surface area contributed by atoms with Gasteiger partial charge in [0.1, 0.15) is 5.82 Å². The Labute approximate surface area is 90.9 Å². The second-order valence-electron chi connectivity index (χ2n) is 4.01. The molecule has 0 unspecified atom stereocenters. The molecule has 1 N–H and O–H groups in total. The summed E-state index contributed by atoms with van der Waals surface area (Å²) < 4.78 is 5.54. The highest BCUT2D eigenvalue weighted by molar-refractivity contribution is 5.32. The lowest BCUT2D eigenvalue weighted by Crippen LogP contribution is -2.07. The molecule has 0 bridgehead atoms. The van der Waals surface area contributed by atoms with Crippen molar-refractivity contribution in [1.82, 2.24) is 4.98 Å². The molecular formula is C12H18N2O. The summed E-state index contributed by atoms with van der Waals surface area (Å²) in [6.45, 7) is 2.75. The maximum absolute atomic E-state index is 5.54. The van der Waals surface area contributed by atoms with Crippen LogP contribution in [-0.4, -0.2) is 24.7 Å². The summed E-state index contributed by atoms with van der Waals surface area (Å²) in [4.78, 5) is 4.18. The number of hydrogen-bond acceptors (Lipinski definition) is 3. The Morgan fingerprint density at radius 1 is 1.40 bits per heavy atom. The summed E-state index contributed by atoms with van der Waals surface area (Å²) in [7, 11) is 0. The Morgan fingerprint density at radius 2 is 2.33 bits per heavy atom. The molecule has 1 aliphatic carbocycles. The van der Waals surface area contributed by atoms with Gasteiger partial charge >= 0.3 is 0 Å². The van der Waals surface area contributed by atoms with Crippen LogP contribution in [0.4, 0.5) is 5.82 Å². The first-order valence-corrected chi connectivity index (χ1v) is 5.68. The zero-order chi connectivity index (χ0) is 10.3. The molecule has 3 nitrogen and oxygen atoms in total. The first-order chi connectivity index (χ1) is 7.45. The zero-order valence-electron chi connectivity index (χ0n) is 8.98. The maximum atomic E-state index is 5.54. The van der Waals surface area contributed by atoms with Crippen molar-refractivity contribution < 1.29 is 4.74 Å². The van der Waals surface area contributed by atoms with Crippen LogP contribution in [0.2, 0.25) is 0 Å². The number of ether oxygens (including phenoxy) is 1. The third-order valence-electron chi connectivity index (χ3n) is 2.49. The van der Waals surface area contributed by atoms with Gasteiger partial charge in [-0.3, -0.25) is 0 Å². The third kappa shape index (κ3) is 4.30. The zero-order valence-corrected chi connectivity index (χ0v) is 8.98. The lowest BCUT2D eigenvalue weighted by Gasteiger charge is -2.05. The molecule has 0 aliphatic heterocycles. The average molecular weight is 206 g/mol. The molecule has 3 heteroatoms. The molecule has 2 rings (SSSR count). The van der Waals surface area contributed by atoms with E-state index in [0.29, 0.717) is 0 Å². The van der Waals surface area contributed by atoms with Gasteiger partial charge < -0.3 is 10.1 Å². The summed E-state index contributed by atoms with van der Waals surface area (Å²) in [5, 5.41) is 3.26. The van der Waals surface area contributed by atoms with Crippen molar-refractivity contribution in [3.8, 4) is 0 Å². The van der Waals surface area contributed by atoms with Crippen LogP contribution < -0.4 is 5.32 Å². The second kappa shape index (κ2) is 5.71. The molecule has 1 heterocycles. The minimum atomic E-state index is 0.857. The van der Waals surface area contributed by atoms with Crippen LogP contribution >= 0.6 is 0 Å². The van der Waals surface area contributed by atoms with E-state index in [2.05, 4.69) is 10.3 Å². The number of anilines is 1. The lowest BCUT2D eigenvalue weighted by molar-refractivity contribution is 0.124. The predicted molar refractivity (Wildman–Crippen MR) is 60.9 cm³/mol. The van der Waals surface area contributed by atoms with Gasteiger partial charge in [0.25, 0.3) is 0 Å². The SMILES string of the molecule is c1ccc(NCCCOCC2CC2)nc1. The standard InChI is InChI=1S/C12H18N2O/c1-2-7-13-12(4-1)14-8-3-9-15-10-11-5-6-11/h1-2,4,7,11H,3,5-6,8-10H2,(H,13,14). The van der Waals surface area contributed by atoms with Crippen LogP contribution in [0, 0.1) is 5.92 Å². The lowest BCUT2D eigenvalue weighted by atomic mass is 10.4. The maximum Gasteiger partial charge on any atom is 0.125 e. The summed E-state index contributed by atoms with van der Waals surface area (Å²) >= 11 is 0. The fourth-order valence-corrected chi connectivity index (χ4v) is 1.39. The first-order valence-electron chi connectivity index (χ1n) is 5.68. The highest BCUT2D eigenvalue weighted by Gasteiger charge is 2.20. The van der Waals surface area contributed by atoms with Crippen molar-refractivity contribution in [2.24, 2.45) is 5.92 Å². The Kier molecular flexibility index (Phi) is 3.97. The van der Waals surface area contributed by atoms with E-state index in [4.69, 9.17) is 4.74 Å². The summed E-state index contributed by atoms with van der Waals surface area (Å²) in [6.07, 6.45) is 5.58. The number of pyridine rings is 1. The van der Waals surface area contributed by atoms with Gasteiger partial charge in [0, 0.05) is 26.0 Å². The molecule has 1 fully saturated rings. The van der Waals surface area contributed by atoms with Gasteiger partial charge in [-0.05, 0) is 37.3 Å². The van der Waals surface area contributed by atoms with E-state index in [9.17, 15) is 0 Å². The Bertz CT molecular complexity index is 272. The van der Waals surface area contributed by atoms with Crippen molar-refractivity contribution in [2.45, 2.75) is 19.3 Å². The first kappa shape index (κ1) is 10.4. The minimum Gasteiger partial charge on any atom is -0.381 e. The van der Waals surface area contributed by atoms with Crippen molar-refractivity contribution >= 4 is 5.82 Å². The molecule has 0 spiro atoms. The largest absolute Gasteiger partial charge is 0.381 e. The van der Waals surface area contributed by atoms with E-state index in [-0.39, 0.29) is 0 Å². The monoisotopic (exact) mass is 206 g/mol. The molecule has 0 saturated heterocycles. The number of rotatable bonds is 7. The smallest absolute Gasteiger partial charge is 0.125 e. The second-order valence-corrected chi connectivity index (χ2v) is 4.01. The Hall–Kier alpha value is -1.09. The van der Waals surface area contributed by atoms with Crippen molar-refractivity contribution in [1.29, 1.82) is 0 Å². The highest BCUT2D eigenvalue weighted by atomic mass is 16.5. The van der Waals surface area contributed by atoms with Crippen LogP contribution in [0.3, 0.4) is 0 Å². The minimum absolute atomic E-state index is 0.857. The van der Waals surface area contributed by atoms with Crippen LogP contribution in [0.15, 0.2) is 24.4 Å². The molecule has 15 heavy (non-hydrogen) atoms. The van der Waals surface area contributed by atoms with Crippen LogP contribution in [0.1, 0.15) is 19.3 Å². The average Bonchev–Trinajstić information content (AvgIpc) is 3.09. The molecule has 1 aliphatic rings. The molecule has 0 aromatic carbocycles. The Balaban J connectivity index is 1.47. The van der Waals surface area contributed by atoms with E-state index >= 15 is 0 Å². The van der Waals surface area contributed by atoms with Gasteiger partial charge in [0.2, 0.25) is 0 Å². The molecule has 0 radical (unpaired) electrons. The fraction of sp³-hybridized carbons (Fsp3) is 0.583. The van der Waals surface area contributed by atoms with E-state index in [1.54, 1.807) is 6.20 Å². The van der Waals surface area contributed by atoms with Gasteiger partial charge in [0.15, 0.2) is 0 Å². The van der Waals surface area contributed by atoms with E-state index in [0.717, 1.165) is 37.9 Å². The third-order valence-corrected chi connectivity index (χ3v) is 2.49. The molecular weight excluding hydrogens is 188 g/mol. The summed E-state index contributed by atoms with van der Waals surface area (Å²) in [5.41, 5.74) is 0. The Morgan fingerprint density at radius 3 is 3.07 bits per heavy atom. The predicted octanol–water partition coefficient (Wildman–Crippen LogP) is 2.31. The van der Waals surface area contributed by atoms with Crippen LogP contribution in [0.5, 0.6) is 0 Å². The summed E-state index contributed by atoms with van der Waals surface area (Å²) in [6, 6.07) is 5.88. The summed E-state index contributed by atoms with van der Waals surface area (Å²) in [5.74, 6) is 1.81. The van der Waals surface area contributed by atoms with E-state index < -0.39 is 0 Å². The molecule has 1 aromatic rings. The number of nitrogens with one attached hydrogen (secondary N) is 1. The number of hydrogen-bond donors (Lipinski definition) is 1. The van der Waals surface area contributed by atoms with Crippen LogP contribution in [-0.2, 0) is 4.74 Å². The fourth-order valence-electron chi connectivity index (χ4n) is 1.39. The van der Waals surface area contributed by atoms with Gasteiger partial charge in [-0.25, -0.2) is 4.98 Å². The molecule has 1 saturated carbocycles. The van der Waals surface area contributed by atoms with Gasteiger partial charge in [-0.2, -0.15) is 0 Å². The molecule has 82 valence electrons. The van der Waals surface area contributed by atoms with Crippen molar-refractivity contribution in [2.75, 3.05) is 25.1 Å². The molecule has 0 amide bonds.